The number of halogens is 2. The van der Waals surface area contributed by atoms with E-state index in [0.717, 1.165) is 12.7 Å². The van der Waals surface area contributed by atoms with Crippen LogP contribution in [0.2, 0.25) is 0 Å². The van der Waals surface area contributed by atoms with Crippen molar-refractivity contribution < 1.29 is 50.3 Å². The largest absolute Gasteiger partial charge is 0.386 e. The van der Waals surface area contributed by atoms with Gasteiger partial charge in [0.05, 0.1) is 25.9 Å². The highest BCUT2D eigenvalue weighted by molar-refractivity contribution is 8.44. The van der Waals surface area contributed by atoms with E-state index in [2.05, 4.69) is 59.7 Å². The van der Waals surface area contributed by atoms with E-state index in [-0.39, 0.29) is 46.3 Å². The number of ether oxygens (including phenoxy) is 2. The summed E-state index contributed by atoms with van der Waals surface area (Å²) in [5.74, 6) is -0.260. The van der Waals surface area contributed by atoms with Gasteiger partial charge in [0.15, 0.2) is 53.2 Å². The minimum absolute atomic E-state index is 0.0395. The maximum Gasteiger partial charge on any atom is 0.386 e. The van der Waals surface area contributed by atoms with E-state index in [9.17, 15) is 13.9 Å². The second kappa shape index (κ2) is 13.9. The highest BCUT2D eigenvalue weighted by atomic mass is 32.7. The molecule has 1 amide bonds. The van der Waals surface area contributed by atoms with E-state index in [1.54, 1.807) is 0 Å². The van der Waals surface area contributed by atoms with Gasteiger partial charge in [0.2, 0.25) is 5.91 Å². The van der Waals surface area contributed by atoms with E-state index in [1.807, 2.05) is 0 Å². The Morgan fingerprint density at radius 1 is 0.860 bits per heavy atom. The predicted octanol–water partition coefficient (Wildman–Crippen LogP) is 2.29. The number of hydrogen-bond acceptors (Lipinski definition) is 17. The van der Waals surface area contributed by atoms with Crippen LogP contribution in [0.3, 0.4) is 0 Å². The molecule has 7 heterocycles. The van der Waals surface area contributed by atoms with Gasteiger partial charge in [-0.2, -0.15) is 0 Å². The Morgan fingerprint density at radius 3 is 1.94 bits per heavy atom. The Kier molecular flexibility index (Phi) is 9.88. The van der Waals surface area contributed by atoms with Crippen LogP contribution in [-0.2, 0) is 41.5 Å². The molecule has 0 radical (unpaired) electrons. The first-order chi connectivity index (χ1) is 23.9. The SMILES string of the molecule is NCCCC(=O)Nc1ncnc2c1ncn2[C@@H]1O[C@@H]2CO[P@@](=O)(S)OC3[C@@H](F)[C@H](n4cnc5c(N)ncnc54)O[C@@H]3CO[P@](=O)(S)OC2[C@H]1F. The number of nitrogens with two attached hydrogens (primary N) is 2. The lowest BCUT2D eigenvalue weighted by Crippen LogP contribution is -2.36. The van der Waals surface area contributed by atoms with Crippen molar-refractivity contribution in [1.29, 1.82) is 0 Å². The number of fused-ring (bicyclic) bond motifs is 4. The van der Waals surface area contributed by atoms with Crippen LogP contribution in [0.1, 0.15) is 25.3 Å². The average molecular weight is 780 g/mol. The summed E-state index contributed by atoms with van der Waals surface area (Å²) in [6.07, 6.45) is -7.97. The number of imidazole rings is 2. The van der Waals surface area contributed by atoms with Gasteiger partial charge in [0, 0.05) is 6.42 Å². The van der Waals surface area contributed by atoms with Crippen molar-refractivity contribution >= 4 is 78.0 Å². The third kappa shape index (κ3) is 6.86. The van der Waals surface area contributed by atoms with E-state index >= 15 is 8.78 Å². The fourth-order valence-corrected chi connectivity index (χ4v) is 8.67. The Labute approximate surface area is 290 Å². The van der Waals surface area contributed by atoms with Crippen molar-refractivity contribution in [3.8, 4) is 0 Å². The van der Waals surface area contributed by atoms with Crippen LogP contribution in [0, 0.1) is 0 Å². The normalized spacial score (nSPS) is 35.0. The number of rotatable bonds is 6. The predicted molar refractivity (Wildman–Crippen MR) is 174 cm³/mol. The van der Waals surface area contributed by atoms with Crippen LogP contribution >= 0.6 is 38.1 Å². The van der Waals surface area contributed by atoms with Gasteiger partial charge < -0.3 is 26.3 Å². The number of amides is 1. The number of hydrogen-bond donors (Lipinski definition) is 5. The summed E-state index contributed by atoms with van der Waals surface area (Å²) in [6, 6.07) is 0. The van der Waals surface area contributed by atoms with Crippen molar-refractivity contribution in [2.75, 3.05) is 30.8 Å². The zero-order valence-electron chi connectivity index (χ0n) is 25.4. The molecular weight excluding hydrogens is 750 g/mol. The first kappa shape index (κ1) is 35.5. The van der Waals surface area contributed by atoms with Gasteiger partial charge in [-0.15, -0.1) is 0 Å². The molecule has 7 rings (SSSR count). The first-order valence-corrected chi connectivity index (χ1v) is 20.3. The number of carbonyl (C=O) groups is 1. The van der Waals surface area contributed by atoms with Gasteiger partial charge in [0.25, 0.3) is 0 Å². The van der Waals surface area contributed by atoms with Gasteiger partial charge >= 0.3 is 13.6 Å². The average Bonchev–Trinajstić information content (AvgIpc) is 3.83. The van der Waals surface area contributed by atoms with Crippen molar-refractivity contribution in [2.45, 2.75) is 62.1 Å². The van der Waals surface area contributed by atoms with Gasteiger partial charge in [-0.1, -0.05) is 24.5 Å². The van der Waals surface area contributed by atoms with Crippen LogP contribution in [0.5, 0.6) is 0 Å². The van der Waals surface area contributed by atoms with Crippen LogP contribution < -0.4 is 16.8 Å². The lowest BCUT2D eigenvalue weighted by Gasteiger charge is -2.28. The van der Waals surface area contributed by atoms with Gasteiger partial charge in [-0.25, -0.2) is 47.8 Å². The molecule has 0 aliphatic carbocycles. The minimum atomic E-state index is -4.45. The van der Waals surface area contributed by atoms with Crippen molar-refractivity contribution in [3.63, 3.8) is 0 Å². The van der Waals surface area contributed by atoms with Gasteiger partial charge in [-0.3, -0.25) is 32.0 Å². The number of anilines is 2. The number of aromatic nitrogens is 8. The van der Waals surface area contributed by atoms with Crippen LogP contribution in [0.4, 0.5) is 20.4 Å². The van der Waals surface area contributed by atoms with Crippen molar-refractivity contribution in [1.82, 2.24) is 39.0 Å². The summed E-state index contributed by atoms with van der Waals surface area (Å²) in [7, 11) is 0. The summed E-state index contributed by atoms with van der Waals surface area (Å²) in [5.41, 5.74) is 11.8. The molecule has 5 N–H and O–H groups in total. The molecule has 2 unspecified atom stereocenters. The van der Waals surface area contributed by atoms with E-state index < -0.39 is 76.0 Å². The third-order valence-electron chi connectivity index (χ3n) is 8.01. The molecule has 50 heavy (non-hydrogen) atoms. The van der Waals surface area contributed by atoms with E-state index in [1.165, 1.54) is 21.8 Å². The highest BCUT2D eigenvalue weighted by Crippen LogP contribution is 2.60. The summed E-state index contributed by atoms with van der Waals surface area (Å²) in [5, 5.41) is 2.62. The molecule has 3 aliphatic heterocycles. The number of nitrogens with zero attached hydrogens (tertiary/aromatic N) is 8. The fourth-order valence-electron chi connectivity index (χ4n) is 5.70. The summed E-state index contributed by atoms with van der Waals surface area (Å²) in [6.45, 7) is -9.95. The van der Waals surface area contributed by atoms with Crippen molar-refractivity contribution in [2.24, 2.45) is 5.73 Å². The molecule has 0 aromatic carbocycles. The number of nitrogen functional groups attached to an aromatic ring is 1. The lowest BCUT2D eigenvalue weighted by molar-refractivity contribution is -0.116. The summed E-state index contributed by atoms with van der Waals surface area (Å²) >= 11 is 8.03. The maximum atomic E-state index is 16.2. The molecule has 3 saturated heterocycles. The lowest BCUT2D eigenvalue weighted by atomic mass is 10.1. The summed E-state index contributed by atoms with van der Waals surface area (Å²) in [4.78, 5) is 36.8. The molecule has 3 fully saturated rings. The molecule has 270 valence electrons. The number of nitrogens with one attached hydrogen (secondary N) is 1. The monoisotopic (exact) mass is 779 g/mol. The smallest absolute Gasteiger partial charge is 0.382 e. The molecule has 0 bridgehead atoms. The topological polar surface area (TPSA) is 258 Å². The second-order valence-corrected chi connectivity index (χ2v) is 17.0. The molecule has 0 saturated carbocycles. The Hall–Kier alpha value is -2.89. The maximum absolute atomic E-state index is 16.2. The molecule has 26 heteroatoms. The molecule has 10 atom stereocenters. The zero-order chi connectivity index (χ0) is 35.4. The second-order valence-electron chi connectivity index (χ2n) is 11.3. The Balaban J connectivity index is 1.13. The van der Waals surface area contributed by atoms with Gasteiger partial charge in [-0.05, 0) is 13.0 Å². The standard InChI is InChI=1S/C24H29F2N11O9P2S2/c25-13-17-10(43-23(13)36-8-33-15-19(28)29-6-31-21(15)36)4-41-48(40,50)46-18-11(5-42-47(39,49)45-17)44-24(14(18)26)37-9-34-16-20(30-7-32-22(16)37)35-12(38)2-1-3-27/h6-11,13-14,17-18,23-24H,1-5,27H2,(H,39,49)(H,40,50)(H2,28,29,31)(H,30,32,35,38)/t10-,11-,13-,14-,17?,18?,23-,24-,47-,48+/m1/s1. The Morgan fingerprint density at radius 2 is 1.38 bits per heavy atom. The highest BCUT2D eigenvalue weighted by Gasteiger charge is 2.54. The summed E-state index contributed by atoms with van der Waals surface area (Å²) < 4.78 is 95.3. The molecule has 4 aromatic heterocycles. The van der Waals surface area contributed by atoms with Crippen molar-refractivity contribution in [3.05, 3.63) is 25.3 Å². The van der Waals surface area contributed by atoms with Gasteiger partial charge in [0.1, 0.15) is 42.6 Å². The number of alkyl halides is 2. The van der Waals surface area contributed by atoms with Crippen LogP contribution in [-0.4, -0.2) is 101 Å². The molecular formula is C24H29F2N11O9P2S2. The quantitative estimate of drug-likeness (QED) is 0.139. The van der Waals surface area contributed by atoms with Crippen LogP contribution in [0.25, 0.3) is 22.3 Å². The molecule has 0 spiro atoms. The first-order valence-electron chi connectivity index (χ1n) is 14.9. The minimum Gasteiger partial charge on any atom is -0.382 e. The zero-order valence-corrected chi connectivity index (χ0v) is 29.0. The van der Waals surface area contributed by atoms with E-state index in [0.29, 0.717) is 13.0 Å². The number of thiol groups is 2. The fraction of sp³-hybridized carbons (Fsp3) is 0.542. The Bertz CT molecular complexity index is 2010. The van der Waals surface area contributed by atoms with E-state index in [4.69, 9.17) is 39.0 Å². The molecule has 20 nitrogen and oxygen atoms in total. The third-order valence-corrected chi connectivity index (χ3v) is 11.2. The number of carbonyl (C=O) groups excluding carboxylic acids is 1. The molecule has 3 aliphatic rings. The van der Waals surface area contributed by atoms with Crippen LogP contribution in [0.15, 0.2) is 25.3 Å². The molecule has 4 aromatic rings.